The summed E-state index contributed by atoms with van der Waals surface area (Å²) >= 11 is 1.39. The van der Waals surface area contributed by atoms with Gasteiger partial charge in [0, 0.05) is 28.9 Å². The van der Waals surface area contributed by atoms with E-state index in [4.69, 9.17) is 19.9 Å². The highest BCUT2D eigenvalue weighted by Crippen LogP contribution is 2.41. The van der Waals surface area contributed by atoms with E-state index in [2.05, 4.69) is 20.3 Å². The van der Waals surface area contributed by atoms with Crippen molar-refractivity contribution in [2.24, 2.45) is 5.73 Å². The summed E-state index contributed by atoms with van der Waals surface area (Å²) in [5.41, 5.74) is 9.44. The number of nitrogens with two attached hydrogens (primary N) is 1. The molecule has 0 aliphatic carbocycles. The van der Waals surface area contributed by atoms with Gasteiger partial charge in [0.2, 0.25) is 11.7 Å². The zero-order valence-corrected chi connectivity index (χ0v) is 17.8. The molecule has 0 saturated carbocycles. The first kappa shape index (κ1) is 20.4. The van der Waals surface area contributed by atoms with Crippen LogP contribution in [-0.2, 0) is 0 Å². The third-order valence-corrected chi connectivity index (χ3v) is 5.25. The summed E-state index contributed by atoms with van der Waals surface area (Å²) in [5, 5.41) is 3.27. The van der Waals surface area contributed by atoms with Gasteiger partial charge in [-0.2, -0.15) is 0 Å². The molecular weight excluding hydrogens is 418 g/mol. The third-order valence-electron chi connectivity index (χ3n) is 4.53. The highest BCUT2D eigenvalue weighted by Gasteiger charge is 2.17. The number of aromatic nitrogens is 3. The maximum atomic E-state index is 11.6. The van der Waals surface area contributed by atoms with Gasteiger partial charge in [-0.25, -0.2) is 15.0 Å². The number of thiazole rings is 1. The van der Waals surface area contributed by atoms with Crippen molar-refractivity contribution in [3.05, 3.63) is 47.5 Å². The first-order valence-corrected chi connectivity index (χ1v) is 10.0. The van der Waals surface area contributed by atoms with Crippen molar-refractivity contribution in [1.82, 2.24) is 15.0 Å². The molecule has 0 bridgehead atoms. The predicted molar refractivity (Wildman–Crippen MR) is 119 cm³/mol. The highest BCUT2D eigenvalue weighted by molar-refractivity contribution is 7.16. The topological polar surface area (TPSA) is 121 Å². The van der Waals surface area contributed by atoms with Gasteiger partial charge in [0.15, 0.2) is 23.1 Å². The smallest absolute Gasteiger partial charge is 0.248 e. The molecule has 0 aliphatic heterocycles. The van der Waals surface area contributed by atoms with Crippen molar-refractivity contribution in [3.8, 4) is 28.6 Å². The molecule has 31 heavy (non-hydrogen) atoms. The molecule has 0 atom stereocenters. The monoisotopic (exact) mass is 437 g/mol. The Morgan fingerprint density at radius 2 is 1.77 bits per heavy atom. The number of benzene rings is 2. The minimum atomic E-state index is -0.517. The minimum absolute atomic E-state index is 0.379. The molecule has 4 rings (SSSR count). The van der Waals surface area contributed by atoms with Crippen LogP contribution in [0.1, 0.15) is 10.4 Å². The molecule has 0 fully saturated rings. The average molecular weight is 437 g/mol. The molecule has 0 unspecified atom stereocenters. The van der Waals surface area contributed by atoms with Gasteiger partial charge in [0.05, 0.1) is 26.8 Å². The van der Waals surface area contributed by atoms with Crippen molar-refractivity contribution in [1.29, 1.82) is 0 Å². The van der Waals surface area contributed by atoms with E-state index in [0.29, 0.717) is 56.1 Å². The average Bonchev–Trinajstić information content (AvgIpc) is 3.27. The first-order chi connectivity index (χ1) is 15.0. The molecule has 1 amide bonds. The number of anilines is 2. The lowest BCUT2D eigenvalue weighted by molar-refractivity contribution is 0.100. The Kier molecular flexibility index (Phi) is 5.54. The number of carbonyl (C=O) groups excluding carboxylic acids is 1. The maximum Gasteiger partial charge on any atom is 0.248 e. The van der Waals surface area contributed by atoms with E-state index in [1.165, 1.54) is 11.3 Å². The quantitative estimate of drug-likeness (QED) is 0.450. The van der Waals surface area contributed by atoms with Crippen LogP contribution >= 0.6 is 11.3 Å². The fourth-order valence-electron chi connectivity index (χ4n) is 3.08. The van der Waals surface area contributed by atoms with Gasteiger partial charge in [-0.05, 0) is 12.1 Å². The van der Waals surface area contributed by atoms with Crippen LogP contribution in [0.25, 0.3) is 21.7 Å². The van der Waals surface area contributed by atoms with Crippen LogP contribution in [0.3, 0.4) is 0 Å². The molecular formula is C21H19N5O4S. The summed E-state index contributed by atoms with van der Waals surface area (Å²) in [6, 6.07) is 10.4. The third kappa shape index (κ3) is 3.92. The Morgan fingerprint density at radius 1 is 1.03 bits per heavy atom. The number of ether oxygens (including phenoxy) is 3. The predicted octanol–water partition coefficient (Wildman–Crippen LogP) is 3.62. The summed E-state index contributed by atoms with van der Waals surface area (Å²) in [6.07, 6.45) is 0. The maximum absolute atomic E-state index is 11.6. The van der Waals surface area contributed by atoms with Crippen LogP contribution in [0, 0.1) is 0 Å². The number of nitrogens with zero attached hydrogens (tertiary/aromatic N) is 3. The number of fused-ring (bicyclic) bond motifs is 1. The van der Waals surface area contributed by atoms with Gasteiger partial charge < -0.3 is 25.3 Å². The Balaban J connectivity index is 1.81. The second kappa shape index (κ2) is 8.44. The largest absolute Gasteiger partial charge is 0.493 e. The Hall–Kier alpha value is -3.92. The normalized spacial score (nSPS) is 10.7. The van der Waals surface area contributed by atoms with Crippen LogP contribution in [0.2, 0.25) is 0 Å². The standard InChI is InChI=1S/C21H19N5O4S/c1-28-14-8-13(9-15(29-2)17(14)30-3)24-20-16-21(31-10-23-16)26-19(25-20)12-6-4-5-11(7-12)18(22)27/h4-10H,1-3H3,(H2,22,27)(H,24,25,26). The molecule has 158 valence electrons. The van der Waals surface area contributed by atoms with Gasteiger partial charge in [-0.1, -0.05) is 12.1 Å². The van der Waals surface area contributed by atoms with Gasteiger partial charge in [-0.15, -0.1) is 11.3 Å². The molecule has 0 saturated heterocycles. The SMILES string of the molecule is COc1cc(Nc2nc(-c3cccc(C(N)=O)c3)nc3scnc23)cc(OC)c1OC. The fraction of sp³-hybridized carbons (Fsp3) is 0.143. The van der Waals surface area contributed by atoms with Crippen molar-refractivity contribution < 1.29 is 19.0 Å². The lowest BCUT2D eigenvalue weighted by atomic mass is 10.1. The fourth-order valence-corrected chi connectivity index (χ4v) is 3.74. The van der Waals surface area contributed by atoms with Crippen molar-refractivity contribution in [2.75, 3.05) is 26.6 Å². The van der Waals surface area contributed by atoms with Crippen LogP contribution in [0.15, 0.2) is 41.9 Å². The Bertz CT molecular complexity index is 1250. The van der Waals surface area contributed by atoms with E-state index in [1.807, 2.05) is 6.07 Å². The highest BCUT2D eigenvalue weighted by atomic mass is 32.1. The Labute approximate surface area is 181 Å². The molecule has 3 N–H and O–H groups in total. The lowest BCUT2D eigenvalue weighted by Gasteiger charge is -2.15. The molecule has 9 nitrogen and oxygen atoms in total. The zero-order valence-electron chi connectivity index (χ0n) is 17.0. The van der Waals surface area contributed by atoms with Crippen LogP contribution in [0.5, 0.6) is 17.2 Å². The lowest BCUT2D eigenvalue weighted by Crippen LogP contribution is -2.10. The Morgan fingerprint density at radius 3 is 2.42 bits per heavy atom. The van der Waals surface area contributed by atoms with Gasteiger partial charge in [-0.3, -0.25) is 4.79 Å². The van der Waals surface area contributed by atoms with Crippen LogP contribution < -0.4 is 25.3 Å². The van der Waals surface area contributed by atoms with Crippen molar-refractivity contribution >= 4 is 39.1 Å². The summed E-state index contributed by atoms with van der Waals surface area (Å²) in [7, 11) is 4.64. The van der Waals surface area contributed by atoms with E-state index in [9.17, 15) is 4.79 Å². The molecule has 2 heterocycles. The van der Waals surface area contributed by atoms with E-state index in [1.54, 1.807) is 57.2 Å². The zero-order chi connectivity index (χ0) is 22.0. The van der Waals surface area contributed by atoms with E-state index in [0.717, 1.165) is 0 Å². The number of nitrogens with one attached hydrogen (secondary N) is 1. The number of methoxy groups -OCH3 is 3. The second-order valence-corrected chi connectivity index (χ2v) is 7.22. The number of hydrogen-bond acceptors (Lipinski definition) is 9. The summed E-state index contributed by atoms with van der Waals surface area (Å²) < 4.78 is 16.2. The molecule has 0 radical (unpaired) electrons. The molecule has 4 aromatic rings. The van der Waals surface area contributed by atoms with Crippen LogP contribution in [-0.4, -0.2) is 42.2 Å². The minimum Gasteiger partial charge on any atom is -0.493 e. The molecule has 0 spiro atoms. The second-order valence-electron chi connectivity index (χ2n) is 6.39. The number of rotatable bonds is 7. The molecule has 2 aromatic carbocycles. The number of carbonyl (C=O) groups is 1. The molecule has 10 heteroatoms. The number of primary amides is 1. The van der Waals surface area contributed by atoms with Crippen LogP contribution in [0.4, 0.5) is 11.5 Å². The van der Waals surface area contributed by atoms with E-state index >= 15 is 0 Å². The van der Waals surface area contributed by atoms with Gasteiger partial charge in [0.25, 0.3) is 0 Å². The summed E-state index contributed by atoms with van der Waals surface area (Å²) in [5.74, 6) is 1.91. The summed E-state index contributed by atoms with van der Waals surface area (Å²) in [4.78, 5) is 25.9. The van der Waals surface area contributed by atoms with E-state index in [-0.39, 0.29) is 0 Å². The number of hydrogen-bond donors (Lipinski definition) is 2. The van der Waals surface area contributed by atoms with Gasteiger partial charge in [0.1, 0.15) is 10.3 Å². The molecule has 0 aliphatic rings. The van der Waals surface area contributed by atoms with Crippen molar-refractivity contribution in [2.45, 2.75) is 0 Å². The van der Waals surface area contributed by atoms with E-state index < -0.39 is 5.91 Å². The molecule has 2 aromatic heterocycles. The summed E-state index contributed by atoms with van der Waals surface area (Å²) in [6.45, 7) is 0. The number of amides is 1. The first-order valence-electron chi connectivity index (χ1n) is 9.12. The van der Waals surface area contributed by atoms with Crippen molar-refractivity contribution in [3.63, 3.8) is 0 Å². The van der Waals surface area contributed by atoms with Gasteiger partial charge >= 0.3 is 0 Å².